The SMILES string of the molecule is COCCN1CCN(c2ccc(-c3nc4c(NC5CCN(C)CC5)c(Br)cnc4[nH]3)cc2)CC1C. The van der Waals surface area contributed by atoms with Crippen LogP contribution < -0.4 is 10.2 Å². The van der Waals surface area contributed by atoms with Crippen molar-refractivity contribution in [3.63, 3.8) is 0 Å². The van der Waals surface area contributed by atoms with Crippen molar-refractivity contribution in [2.75, 3.05) is 70.2 Å². The second kappa shape index (κ2) is 10.8. The number of piperazine rings is 1. The van der Waals surface area contributed by atoms with Crippen molar-refractivity contribution in [2.24, 2.45) is 0 Å². The van der Waals surface area contributed by atoms with Crippen molar-refractivity contribution in [2.45, 2.75) is 31.8 Å². The van der Waals surface area contributed by atoms with Gasteiger partial charge in [0.2, 0.25) is 0 Å². The van der Waals surface area contributed by atoms with Gasteiger partial charge >= 0.3 is 0 Å². The van der Waals surface area contributed by atoms with Gasteiger partial charge in [-0.3, -0.25) is 4.90 Å². The van der Waals surface area contributed by atoms with Crippen molar-refractivity contribution < 1.29 is 4.74 Å². The van der Waals surface area contributed by atoms with Gasteiger partial charge in [-0.1, -0.05) is 0 Å². The zero-order chi connectivity index (χ0) is 24.4. The Labute approximate surface area is 216 Å². The highest BCUT2D eigenvalue weighted by molar-refractivity contribution is 9.10. The molecular formula is C26H36BrN7O. The highest BCUT2D eigenvalue weighted by Gasteiger charge is 2.24. The maximum atomic E-state index is 5.26. The molecule has 9 heteroatoms. The van der Waals surface area contributed by atoms with Crippen LogP contribution in [-0.4, -0.2) is 96.9 Å². The molecule has 1 unspecified atom stereocenters. The molecule has 0 radical (unpaired) electrons. The number of H-pyrrole nitrogens is 1. The summed E-state index contributed by atoms with van der Waals surface area (Å²) in [6.45, 7) is 9.42. The summed E-state index contributed by atoms with van der Waals surface area (Å²) < 4.78 is 6.21. The maximum absolute atomic E-state index is 5.26. The topological polar surface area (TPSA) is 72.6 Å². The fourth-order valence-electron chi connectivity index (χ4n) is 5.16. The second-order valence-electron chi connectivity index (χ2n) is 9.86. The number of imidazole rings is 1. The van der Waals surface area contributed by atoms with Crippen LogP contribution in [0.4, 0.5) is 11.4 Å². The normalized spacial score (nSPS) is 20.6. The summed E-state index contributed by atoms with van der Waals surface area (Å²) in [5.74, 6) is 0.848. The van der Waals surface area contributed by atoms with Gasteiger partial charge in [0.15, 0.2) is 5.65 Å². The molecule has 5 rings (SSSR count). The fourth-order valence-corrected chi connectivity index (χ4v) is 5.57. The van der Waals surface area contributed by atoms with Crippen molar-refractivity contribution in [3.8, 4) is 11.4 Å². The van der Waals surface area contributed by atoms with Gasteiger partial charge in [-0.15, -0.1) is 0 Å². The molecule has 2 aliphatic heterocycles. The van der Waals surface area contributed by atoms with Crippen LogP contribution >= 0.6 is 15.9 Å². The number of benzene rings is 1. The molecule has 0 saturated carbocycles. The van der Waals surface area contributed by atoms with E-state index in [0.29, 0.717) is 12.1 Å². The van der Waals surface area contributed by atoms with E-state index in [0.717, 1.165) is 91.4 Å². The number of methoxy groups -OCH3 is 1. The first-order valence-corrected chi connectivity index (χ1v) is 13.4. The number of hydrogen-bond acceptors (Lipinski definition) is 7. The molecule has 0 bridgehead atoms. The van der Waals surface area contributed by atoms with E-state index >= 15 is 0 Å². The number of aromatic nitrogens is 3. The molecule has 2 saturated heterocycles. The van der Waals surface area contributed by atoms with Gasteiger partial charge in [0.1, 0.15) is 11.3 Å². The summed E-state index contributed by atoms with van der Waals surface area (Å²) >= 11 is 3.69. The van der Waals surface area contributed by atoms with Gasteiger partial charge in [-0.25, -0.2) is 9.97 Å². The van der Waals surface area contributed by atoms with Gasteiger partial charge in [-0.2, -0.15) is 0 Å². The smallest absolute Gasteiger partial charge is 0.159 e. The summed E-state index contributed by atoms with van der Waals surface area (Å²) in [6, 6.07) is 9.70. The van der Waals surface area contributed by atoms with Crippen LogP contribution in [0.1, 0.15) is 19.8 Å². The highest BCUT2D eigenvalue weighted by Crippen LogP contribution is 2.33. The van der Waals surface area contributed by atoms with Gasteiger partial charge in [0.25, 0.3) is 0 Å². The minimum absolute atomic E-state index is 0.449. The Kier molecular flexibility index (Phi) is 7.57. The van der Waals surface area contributed by atoms with E-state index in [2.05, 4.69) is 84.2 Å². The molecule has 1 atom stereocenters. The molecule has 0 amide bonds. The number of fused-ring (bicyclic) bond motifs is 1. The summed E-state index contributed by atoms with van der Waals surface area (Å²) in [4.78, 5) is 20.3. The molecule has 188 valence electrons. The monoisotopic (exact) mass is 541 g/mol. The van der Waals surface area contributed by atoms with Crippen LogP contribution in [0.25, 0.3) is 22.6 Å². The Balaban J connectivity index is 1.31. The third kappa shape index (κ3) is 5.48. The van der Waals surface area contributed by atoms with Crippen LogP contribution in [0.3, 0.4) is 0 Å². The van der Waals surface area contributed by atoms with E-state index in [1.165, 1.54) is 5.69 Å². The largest absolute Gasteiger partial charge is 0.383 e. The predicted molar refractivity (Wildman–Crippen MR) is 146 cm³/mol. The first-order chi connectivity index (χ1) is 17.0. The molecule has 2 aromatic heterocycles. The number of halogens is 1. The van der Waals surface area contributed by atoms with Crippen molar-refractivity contribution >= 4 is 38.5 Å². The van der Waals surface area contributed by atoms with Gasteiger partial charge in [0.05, 0.1) is 16.8 Å². The van der Waals surface area contributed by atoms with Gasteiger partial charge in [0, 0.05) is 62.8 Å². The number of nitrogens with one attached hydrogen (secondary N) is 2. The fraction of sp³-hybridized carbons (Fsp3) is 0.538. The zero-order valence-corrected chi connectivity index (χ0v) is 22.5. The second-order valence-corrected chi connectivity index (χ2v) is 10.7. The Hall–Kier alpha value is -2.20. The summed E-state index contributed by atoms with van der Waals surface area (Å²) in [5.41, 5.74) is 5.06. The Morgan fingerprint density at radius 3 is 2.63 bits per heavy atom. The lowest BCUT2D eigenvalue weighted by Gasteiger charge is -2.41. The van der Waals surface area contributed by atoms with Crippen LogP contribution in [0.2, 0.25) is 0 Å². The zero-order valence-electron chi connectivity index (χ0n) is 20.9. The van der Waals surface area contributed by atoms with Crippen LogP contribution in [0.15, 0.2) is 34.9 Å². The maximum Gasteiger partial charge on any atom is 0.159 e. The first-order valence-electron chi connectivity index (χ1n) is 12.6. The minimum Gasteiger partial charge on any atom is -0.383 e. The van der Waals surface area contributed by atoms with E-state index in [1.807, 2.05) is 6.20 Å². The summed E-state index contributed by atoms with van der Waals surface area (Å²) in [6.07, 6.45) is 4.12. The quantitative estimate of drug-likeness (QED) is 0.467. The van der Waals surface area contributed by atoms with Gasteiger partial charge in [-0.05, 0) is 80.1 Å². The minimum atomic E-state index is 0.449. The van der Waals surface area contributed by atoms with Crippen LogP contribution in [0.5, 0.6) is 0 Å². The number of anilines is 2. The van der Waals surface area contributed by atoms with E-state index in [-0.39, 0.29) is 0 Å². The Morgan fingerprint density at radius 1 is 1.14 bits per heavy atom. The number of ether oxygens (including phenoxy) is 1. The number of likely N-dealkylation sites (tertiary alicyclic amines) is 1. The van der Waals surface area contributed by atoms with Crippen molar-refractivity contribution in [1.29, 1.82) is 0 Å². The summed E-state index contributed by atoms with van der Waals surface area (Å²) in [5, 5.41) is 3.74. The molecule has 2 fully saturated rings. The molecule has 1 aromatic carbocycles. The Morgan fingerprint density at radius 2 is 1.91 bits per heavy atom. The molecule has 2 aliphatic rings. The van der Waals surface area contributed by atoms with Crippen molar-refractivity contribution in [1.82, 2.24) is 24.8 Å². The van der Waals surface area contributed by atoms with E-state index in [9.17, 15) is 0 Å². The molecule has 0 spiro atoms. The average molecular weight is 543 g/mol. The van der Waals surface area contributed by atoms with Crippen LogP contribution in [-0.2, 0) is 4.74 Å². The molecule has 35 heavy (non-hydrogen) atoms. The number of aromatic amines is 1. The molecule has 2 N–H and O–H groups in total. The molecule has 4 heterocycles. The lowest BCUT2D eigenvalue weighted by molar-refractivity contribution is 0.117. The molecule has 0 aliphatic carbocycles. The lowest BCUT2D eigenvalue weighted by Crippen LogP contribution is -2.52. The van der Waals surface area contributed by atoms with E-state index in [4.69, 9.17) is 9.72 Å². The molecular weight excluding hydrogens is 506 g/mol. The number of nitrogens with zero attached hydrogens (tertiary/aromatic N) is 5. The van der Waals surface area contributed by atoms with E-state index < -0.39 is 0 Å². The summed E-state index contributed by atoms with van der Waals surface area (Å²) in [7, 11) is 3.96. The number of rotatable bonds is 7. The third-order valence-corrected chi connectivity index (χ3v) is 7.99. The van der Waals surface area contributed by atoms with Gasteiger partial charge < -0.3 is 24.8 Å². The lowest BCUT2D eigenvalue weighted by atomic mass is 10.1. The number of pyridine rings is 1. The Bertz CT molecular complexity index is 1130. The number of hydrogen-bond donors (Lipinski definition) is 2. The first kappa shape index (κ1) is 24.5. The number of piperidine rings is 1. The highest BCUT2D eigenvalue weighted by atomic mass is 79.9. The predicted octanol–water partition coefficient (Wildman–Crippen LogP) is 4.05. The third-order valence-electron chi connectivity index (χ3n) is 7.39. The molecule has 8 nitrogen and oxygen atoms in total. The van der Waals surface area contributed by atoms with E-state index in [1.54, 1.807) is 7.11 Å². The van der Waals surface area contributed by atoms with Crippen molar-refractivity contribution in [3.05, 3.63) is 34.9 Å². The van der Waals surface area contributed by atoms with Crippen LogP contribution in [0, 0.1) is 0 Å². The standard InChI is InChI=1S/C26H36BrN7O/c1-18-17-34(13-12-33(18)14-15-35-3)21-6-4-19(5-7-21)25-30-24-23(22(27)16-28-26(24)31-25)29-20-8-10-32(2)11-9-20/h4-7,16,18,20H,8-15,17H2,1-3H3,(H2,28,29,30,31). The average Bonchev–Trinajstić information content (AvgIpc) is 3.31. The molecule has 3 aromatic rings.